The highest BCUT2D eigenvalue weighted by molar-refractivity contribution is 7.95. The predicted molar refractivity (Wildman–Crippen MR) is 102 cm³/mol. The zero-order valence-electron chi connectivity index (χ0n) is 13.4. The van der Waals surface area contributed by atoms with Gasteiger partial charge in [-0.05, 0) is 42.0 Å². The Kier molecular flexibility index (Phi) is 5.50. The Morgan fingerprint density at radius 1 is 1.00 bits per heavy atom. The minimum Gasteiger partial charge on any atom is -0.424 e. The van der Waals surface area contributed by atoms with Crippen LogP contribution in [0.3, 0.4) is 0 Å². The minimum atomic E-state index is -3.68. The van der Waals surface area contributed by atoms with Gasteiger partial charge in [0.05, 0.1) is 11.1 Å². The van der Waals surface area contributed by atoms with E-state index in [0.717, 1.165) is 11.0 Å². The van der Waals surface area contributed by atoms with Crippen molar-refractivity contribution >= 4 is 33.4 Å². The molecule has 0 saturated carbocycles. The molecule has 0 fully saturated rings. The first-order valence-electron chi connectivity index (χ1n) is 7.52. The van der Waals surface area contributed by atoms with Crippen LogP contribution in [0.1, 0.15) is 5.56 Å². The van der Waals surface area contributed by atoms with Gasteiger partial charge in [-0.2, -0.15) is 0 Å². The summed E-state index contributed by atoms with van der Waals surface area (Å²) in [5, 5.41) is 1.67. The summed E-state index contributed by atoms with van der Waals surface area (Å²) in [4.78, 5) is 7.91. The lowest BCUT2D eigenvalue weighted by Crippen LogP contribution is -2.08. The van der Waals surface area contributed by atoms with Gasteiger partial charge in [0.25, 0.3) is 10.0 Å². The number of benzene rings is 2. The normalized spacial score (nSPS) is 11.4. The van der Waals surface area contributed by atoms with Gasteiger partial charge in [0.2, 0.25) is 0 Å². The molecule has 0 atom stereocenters. The Balaban J connectivity index is 1.71. The van der Waals surface area contributed by atoms with Crippen molar-refractivity contribution in [1.29, 1.82) is 0 Å². The molecule has 0 aliphatic rings. The highest BCUT2D eigenvalue weighted by Gasteiger charge is 2.07. The molecule has 0 amide bonds. The van der Waals surface area contributed by atoms with E-state index in [2.05, 4.69) is 14.7 Å². The number of ether oxygens (including phenoxy) is 1. The maximum absolute atomic E-state index is 12.2. The molecule has 26 heavy (non-hydrogen) atoms. The summed E-state index contributed by atoms with van der Waals surface area (Å²) in [6.07, 6.45) is 4.59. The quantitative estimate of drug-likeness (QED) is 0.680. The molecule has 3 aromatic rings. The molecule has 0 unspecified atom stereocenters. The standard InChI is InChI=1S/C18H14ClN3O3S/c19-15-7-5-14(6-8-15)9-12-26(23,24)22-16-3-1-4-17(13-16)25-18-20-10-2-11-21-18/h1-13,22H/b12-9-. The average molecular weight is 388 g/mol. The third kappa shape index (κ3) is 5.30. The first-order valence-corrected chi connectivity index (χ1v) is 9.44. The van der Waals surface area contributed by atoms with Crippen molar-refractivity contribution in [2.45, 2.75) is 0 Å². The second-order valence-electron chi connectivity index (χ2n) is 5.16. The van der Waals surface area contributed by atoms with E-state index >= 15 is 0 Å². The smallest absolute Gasteiger partial charge is 0.321 e. The highest BCUT2D eigenvalue weighted by atomic mass is 35.5. The van der Waals surface area contributed by atoms with Crippen LogP contribution in [0.25, 0.3) is 6.08 Å². The molecular weight excluding hydrogens is 374 g/mol. The number of hydrogen-bond acceptors (Lipinski definition) is 5. The summed E-state index contributed by atoms with van der Waals surface area (Å²) in [7, 11) is -3.68. The molecule has 6 nitrogen and oxygen atoms in total. The maximum Gasteiger partial charge on any atom is 0.321 e. The van der Waals surface area contributed by atoms with Crippen molar-refractivity contribution in [3.05, 3.63) is 83.0 Å². The zero-order valence-corrected chi connectivity index (χ0v) is 15.0. The lowest BCUT2D eigenvalue weighted by Gasteiger charge is -2.07. The number of hydrogen-bond donors (Lipinski definition) is 1. The van der Waals surface area contributed by atoms with Gasteiger partial charge in [-0.15, -0.1) is 0 Å². The highest BCUT2D eigenvalue weighted by Crippen LogP contribution is 2.22. The van der Waals surface area contributed by atoms with Crippen molar-refractivity contribution < 1.29 is 13.2 Å². The largest absolute Gasteiger partial charge is 0.424 e. The first-order chi connectivity index (χ1) is 12.5. The Labute approximate surface area is 156 Å². The van der Waals surface area contributed by atoms with Crippen LogP contribution in [0.4, 0.5) is 5.69 Å². The Morgan fingerprint density at radius 3 is 2.46 bits per heavy atom. The first kappa shape index (κ1) is 17.9. The number of nitrogens with one attached hydrogen (secondary N) is 1. The summed E-state index contributed by atoms with van der Waals surface area (Å²) < 4.78 is 32.4. The van der Waals surface area contributed by atoms with Crippen molar-refractivity contribution in [1.82, 2.24) is 9.97 Å². The van der Waals surface area contributed by atoms with E-state index in [1.165, 1.54) is 6.08 Å². The monoisotopic (exact) mass is 387 g/mol. The van der Waals surface area contributed by atoms with Crippen molar-refractivity contribution in [2.75, 3.05) is 4.72 Å². The fourth-order valence-corrected chi connectivity index (χ4v) is 2.99. The van der Waals surface area contributed by atoms with Gasteiger partial charge in [0, 0.05) is 23.5 Å². The fourth-order valence-electron chi connectivity index (χ4n) is 2.01. The number of nitrogens with zero attached hydrogens (tertiary/aromatic N) is 2. The number of aromatic nitrogens is 2. The molecule has 0 spiro atoms. The van der Waals surface area contributed by atoms with Gasteiger partial charge in [-0.1, -0.05) is 29.8 Å². The van der Waals surface area contributed by atoms with E-state index in [1.54, 1.807) is 67.0 Å². The Bertz CT molecular complexity index is 1010. The molecule has 0 saturated heterocycles. The molecule has 2 aromatic carbocycles. The average Bonchev–Trinajstić information content (AvgIpc) is 2.62. The van der Waals surface area contributed by atoms with Crippen LogP contribution in [-0.4, -0.2) is 18.4 Å². The molecule has 0 radical (unpaired) electrons. The SMILES string of the molecule is O=S(=O)(/C=C\c1ccc(Cl)cc1)Nc1cccc(Oc2ncccn2)c1. The third-order valence-corrected chi connectivity index (χ3v) is 4.42. The van der Waals surface area contributed by atoms with E-state index in [9.17, 15) is 8.42 Å². The van der Waals surface area contributed by atoms with E-state index in [1.807, 2.05) is 0 Å². The number of anilines is 1. The summed E-state index contributed by atoms with van der Waals surface area (Å²) in [6, 6.07) is 15.2. The minimum absolute atomic E-state index is 0.176. The van der Waals surface area contributed by atoms with Gasteiger partial charge in [0.15, 0.2) is 0 Å². The summed E-state index contributed by atoms with van der Waals surface area (Å²) in [5.74, 6) is 0.415. The van der Waals surface area contributed by atoms with Crippen LogP contribution in [0.15, 0.2) is 72.4 Å². The van der Waals surface area contributed by atoms with Gasteiger partial charge in [-0.25, -0.2) is 18.4 Å². The third-order valence-electron chi connectivity index (χ3n) is 3.16. The molecule has 0 aliphatic heterocycles. The molecular formula is C18H14ClN3O3S. The Hall–Kier alpha value is -2.90. The number of sulfonamides is 1. The van der Waals surface area contributed by atoms with E-state index in [-0.39, 0.29) is 6.01 Å². The second kappa shape index (κ2) is 7.99. The molecule has 1 aromatic heterocycles. The lowest BCUT2D eigenvalue weighted by molar-refractivity contribution is 0.442. The van der Waals surface area contributed by atoms with Crippen molar-refractivity contribution in [3.8, 4) is 11.8 Å². The van der Waals surface area contributed by atoms with Gasteiger partial charge in [-0.3, -0.25) is 4.72 Å². The summed E-state index contributed by atoms with van der Waals surface area (Å²) in [6.45, 7) is 0. The molecule has 0 bridgehead atoms. The van der Waals surface area contributed by atoms with Gasteiger partial charge >= 0.3 is 6.01 Å². The number of rotatable bonds is 6. The van der Waals surface area contributed by atoms with Crippen LogP contribution >= 0.6 is 11.6 Å². The summed E-state index contributed by atoms with van der Waals surface area (Å²) >= 11 is 5.81. The van der Waals surface area contributed by atoms with Gasteiger partial charge < -0.3 is 4.74 Å². The number of halogens is 1. The van der Waals surface area contributed by atoms with Crippen LogP contribution in [0, 0.1) is 0 Å². The topological polar surface area (TPSA) is 81.2 Å². The predicted octanol–water partition coefficient (Wildman–Crippen LogP) is 4.33. The molecule has 132 valence electrons. The molecule has 0 aliphatic carbocycles. The van der Waals surface area contributed by atoms with E-state index in [0.29, 0.717) is 16.5 Å². The molecule has 1 N–H and O–H groups in total. The van der Waals surface area contributed by atoms with Crippen molar-refractivity contribution in [2.24, 2.45) is 0 Å². The molecule has 1 heterocycles. The molecule has 3 rings (SSSR count). The second-order valence-corrected chi connectivity index (χ2v) is 7.17. The summed E-state index contributed by atoms with van der Waals surface area (Å²) in [5.41, 5.74) is 1.08. The van der Waals surface area contributed by atoms with Crippen molar-refractivity contribution in [3.63, 3.8) is 0 Å². The van der Waals surface area contributed by atoms with Crippen LogP contribution in [0.5, 0.6) is 11.8 Å². The van der Waals surface area contributed by atoms with Crippen LogP contribution in [-0.2, 0) is 10.0 Å². The van der Waals surface area contributed by atoms with Gasteiger partial charge in [0.1, 0.15) is 5.75 Å². The molecule has 8 heteroatoms. The maximum atomic E-state index is 12.2. The van der Waals surface area contributed by atoms with E-state index < -0.39 is 10.0 Å². The Morgan fingerprint density at radius 2 is 1.73 bits per heavy atom. The zero-order chi connectivity index (χ0) is 18.4. The van der Waals surface area contributed by atoms with E-state index in [4.69, 9.17) is 16.3 Å². The fraction of sp³-hybridized carbons (Fsp3) is 0. The van der Waals surface area contributed by atoms with Crippen LogP contribution < -0.4 is 9.46 Å². The lowest BCUT2D eigenvalue weighted by atomic mass is 10.2. The van der Waals surface area contributed by atoms with Crippen LogP contribution in [0.2, 0.25) is 5.02 Å².